The van der Waals surface area contributed by atoms with Crippen LogP contribution in [0.2, 0.25) is 0 Å². The Hall–Kier alpha value is -2.57. The lowest BCUT2D eigenvalue weighted by Gasteiger charge is -1.96. The normalized spacial score (nSPS) is 17.0. The molecular weight excluding hydrogens is 412 g/mol. The van der Waals surface area contributed by atoms with Crippen LogP contribution >= 0.6 is 27.7 Å². The van der Waals surface area contributed by atoms with Crippen LogP contribution in [-0.2, 0) is 4.79 Å². The summed E-state index contributed by atoms with van der Waals surface area (Å²) >= 11 is 4.72. The highest BCUT2D eigenvalue weighted by molar-refractivity contribution is 9.10. The van der Waals surface area contributed by atoms with Crippen LogP contribution in [0.1, 0.15) is 5.76 Å². The molecule has 1 fully saturated rings. The second-order valence-electron chi connectivity index (χ2n) is 5.53. The Morgan fingerprint density at radius 1 is 1.00 bits per heavy atom. The number of carbonyl (C=O) groups is 1. The van der Waals surface area contributed by atoms with E-state index in [0.717, 1.165) is 21.5 Å². The van der Waals surface area contributed by atoms with Gasteiger partial charge in [0.05, 0.1) is 10.6 Å². The number of nitrogens with zero attached hydrogens (tertiary/aromatic N) is 1. The van der Waals surface area contributed by atoms with Crippen LogP contribution in [0.4, 0.5) is 5.69 Å². The van der Waals surface area contributed by atoms with Gasteiger partial charge in [-0.25, -0.2) is 4.99 Å². The topological polar surface area (TPSA) is 54.6 Å². The van der Waals surface area contributed by atoms with Gasteiger partial charge in [0.1, 0.15) is 11.5 Å². The molecule has 1 aliphatic heterocycles. The van der Waals surface area contributed by atoms with Gasteiger partial charge < -0.3 is 9.73 Å². The van der Waals surface area contributed by atoms with E-state index < -0.39 is 0 Å². The first-order chi connectivity index (χ1) is 12.7. The van der Waals surface area contributed by atoms with E-state index in [1.807, 2.05) is 66.7 Å². The Balaban J connectivity index is 1.54. The highest BCUT2D eigenvalue weighted by Gasteiger charge is 2.24. The molecule has 1 N–H and O–H groups in total. The molecule has 4 nitrogen and oxygen atoms in total. The average Bonchev–Trinajstić information content (AvgIpc) is 3.24. The first kappa shape index (κ1) is 16.9. The van der Waals surface area contributed by atoms with Gasteiger partial charge in [-0.1, -0.05) is 46.3 Å². The molecule has 0 atom stereocenters. The first-order valence-electron chi connectivity index (χ1n) is 7.88. The molecule has 0 radical (unpaired) electrons. The number of para-hydroxylation sites is 1. The predicted molar refractivity (Wildman–Crippen MR) is 109 cm³/mol. The van der Waals surface area contributed by atoms with Crippen molar-refractivity contribution in [3.8, 4) is 11.3 Å². The molecule has 1 amide bonds. The van der Waals surface area contributed by atoms with E-state index in [1.54, 1.807) is 6.08 Å². The summed E-state index contributed by atoms with van der Waals surface area (Å²) < 4.78 is 6.86. The van der Waals surface area contributed by atoms with Crippen molar-refractivity contribution in [1.29, 1.82) is 0 Å². The Labute approximate surface area is 163 Å². The molecule has 2 heterocycles. The SMILES string of the molecule is O=C1NC(=Nc2ccccc2)S/C1=C/c1ccc(-c2ccc(Br)cc2)o1. The van der Waals surface area contributed by atoms with Gasteiger partial charge in [0.2, 0.25) is 0 Å². The van der Waals surface area contributed by atoms with E-state index in [0.29, 0.717) is 15.8 Å². The summed E-state index contributed by atoms with van der Waals surface area (Å²) in [4.78, 5) is 17.2. The van der Waals surface area contributed by atoms with Crippen molar-refractivity contribution in [3.05, 3.63) is 81.9 Å². The summed E-state index contributed by atoms with van der Waals surface area (Å²) in [5.74, 6) is 1.21. The number of furan rings is 1. The summed E-state index contributed by atoms with van der Waals surface area (Å²) in [7, 11) is 0. The number of aliphatic imine (C=N–C) groups is 1. The number of amidine groups is 1. The number of hydrogen-bond acceptors (Lipinski definition) is 4. The van der Waals surface area contributed by atoms with E-state index in [9.17, 15) is 4.79 Å². The molecule has 6 heteroatoms. The van der Waals surface area contributed by atoms with E-state index in [-0.39, 0.29) is 5.91 Å². The zero-order valence-electron chi connectivity index (χ0n) is 13.5. The maximum Gasteiger partial charge on any atom is 0.264 e. The lowest BCUT2D eigenvalue weighted by Crippen LogP contribution is -2.19. The molecule has 1 saturated heterocycles. The number of thioether (sulfide) groups is 1. The average molecular weight is 425 g/mol. The molecule has 2 aromatic carbocycles. The Morgan fingerprint density at radius 2 is 1.77 bits per heavy atom. The number of rotatable bonds is 3. The van der Waals surface area contributed by atoms with E-state index in [4.69, 9.17) is 4.42 Å². The molecule has 1 aromatic heterocycles. The molecule has 3 aromatic rings. The lowest BCUT2D eigenvalue weighted by atomic mass is 10.2. The van der Waals surface area contributed by atoms with Crippen LogP contribution in [0.5, 0.6) is 0 Å². The summed E-state index contributed by atoms with van der Waals surface area (Å²) in [6, 6.07) is 21.1. The molecular formula is C20H13BrN2O2S. The third-order valence-electron chi connectivity index (χ3n) is 3.67. The van der Waals surface area contributed by atoms with Gasteiger partial charge >= 0.3 is 0 Å². The van der Waals surface area contributed by atoms with Crippen molar-refractivity contribution in [2.24, 2.45) is 4.99 Å². The van der Waals surface area contributed by atoms with Crippen molar-refractivity contribution in [2.45, 2.75) is 0 Å². The van der Waals surface area contributed by atoms with E-state index in [2.05, 4.69) is 26.2 Å². The van der Waals surface area contributed by atoms with Crippen molar-refractivity contribution in [2.75, 3.05) is 0 Å². The highest BCUT2D eigenvalue weighted by atomic mass is 79.9. The van der Waals surface area contributed by atoms with Crippen LogP contribution in [0.15, 0.2) is 85.5 Å². The Bertz CT molecular complexity index is 1010. The number of hydrogen-bond donors (Lipinski definition) is 1. The minimum Gasteiger partial charge on any atom is -0.457 e. The molecule has 4 rings (SSSR count). The number of benzene rings is 2. The largest absolute Gasteiger partial charge is 0.457 e. The highest BCUT2D eigenvalue weighted by Crippen LogP contribution is 2.30. The smallest absolute Gasteiger partial charge is 0.264 e. The summed E-state index contributed by atoms with van der Waals surface area (Å²) in [5, 5.41) is 3.34. The second-order valence-corrected chi connectivity index (χ2v) is 7.47. The zero-order chi connectivity index (χ0) is 17.9. The fraction of sp³-hybridized carbons (Fsp3) is 0. The molecule has 26 heavy (non-hydrogen) atoms. The molecule has 0 spiro atoms. The van der Waals surface area contributed by atoms with Gasteiger partial charge in [-0.15, -0.1) is 0 Å². The Morgan fingerprint density at radius 3 is 2.54 bits per heavy atom. The minimum absolute atomic E-state index is 0.175. The van der Waals surface area contributed by atoms with Crippen LogP contribution < -0.4 is 5.32 Å². The van der Waals surface area contributed by atoms with Crippen molar-refractivity contribution in [3.63, 3.8) is 0 Å². The molecule has 1 aliphatic rings. The van der Waals surface area contributed by atoms with Gasteiger partial charge in [0.25, 0.3) is 5.91 Å². The number of amides is 1. The van der Waals surface area contributed by atoms with Gasteiger partial charge in [-0.3, -0.25) is 4.79 Å². The Kier molecular flexibility index (Phi) is 4.77. The zero-order valence-corrected chi connectivity index (χ0v) is 15.9. The number of nitrogens with one attached hydrogen (secondary N) is 1. The monoisotopic (exact) mass is 424 g/mol. The van der Waals surface area contributed by atoms with Crippen molar-refractivity contribution in [1.82, 2.24) is 5.32 Å². The third-order valence-corrected chi connectivity index (χ3v) is 5.11. The molecule has 0 aliphatic carbocycles. The molecule has 128 valence electrons. The fourth-order valence-electron chi connectivity index (χ4n) is 2.43. The molecule has 0 saturated carbocycles. The fourth-order valence-corrected chi connectivity index (χ4v) is 3.52. The molecule has 0 unspecified atom stereocenters. The summed E-state index contributed by atoms with van der Waals surface area (Å²) in [5.41, 5.74) is 1.78. The first-order valence-corrected chi connectivity index (χ1v) is 9.49. The maximum atomic E-state index is 12.2. The van der Waals surface area contributed by atoms with E-state index >= 15 is 0 Å². The van der Waals surface area contributed by atoms with Crippen molar-refractivity contribution >= 4 is 50.5 Å². The number of halogens is 1. The molecule has 0 bridgehead atoms. The van der Waals surface area contributed by atoms with Gasteiger partial charge in [0.15, 0.2) is 5.17 Å². The number of carbonyl (C=O) groups excluding carboxylic acids is 1. The van der Waals surface area contributed by atoms with Crippen LogP contribution in [0.3, 0.4) is 0 Å². The standard InChI is InChI=1S/C20H13BrN2O2S/c21-14-8-6-13(7-9-14)17-11-10-16(25-17)12-18-19(24)23-20(26-18)22-15-4-2-1-3-5-15/h1-12H,(H,22,23,24)/b18-12+. The summed E-state index contributed by atoms with van der Waals surface area (Å²) in [6.07, 6.45) is 1.73. The van der Waals surface area contributed by atoms with Crippen LogP contribution in [-0.4, -0.2) is 11.1 Å². The third kappa shape index (κ3) is 3.81. The van der Waals surface area contributed by atoms with Gasteiger partial charge in [0, 0.05) is 16.1 Å². The van der Waals surface area contributed by atoms with Crippen LogP contribution in [0.25, 0.3) is 17.4 Å². The second kappa shape index (κ2) is 7.35. The summed E-state index contributed by atoms with van der Waals surface area (Å²) in [6.45, 7) is 0. The maximum absolute atomic E-state index is 12.2. The lowest BCUT2D eigenvalue weighted by molar-refractivity contribution is -0.115. The van der Waals surface area contributed by atoms with Gasteiger partial charge in [-0.05, 0) is 48.2 Å². The van der Waals surface area contributed by atoms with Crippen molar-refractivity contribution < 1.29 is 9.21 Å². The quantitative estimate of drug-likeness (QED) is 0.556. The van der Waals surface area contributed by atoms with Gasteiger partial charge in [-0.2, -0.15) is 0 Å². The predicted octanol–water partition coefficient (Wildman–Crippen LogP) is 5.60. The van der Waals surface area contributed by atoms with E-state index in [1.165, 1.54) is 11.8 Å². The van der Waals surface area contributed by atoms with Crippen LogP contribution in [0, 0.1) is 0 Å². The minimum atomic E-state index is -0.175.